The highest BCUT2D eigenvalue weighted by Crippen LogP contribution is 2.50. The lowest BCUT2D eigenvalue weighted by atomic mass is 9.76. The van der Waals surface area contributed by atoms with Crippen molar-refractivity contribution in [1.82, 2.24) is 14.7 Å². The van der Waals surface area contributed by atoms with Gasteiger partial charge in [0.15, 0.2) is 0 Å². The summed E-state index contributed by atoms with van der Waals surface area (Å²) in [5.74, 6) is 0. The third kappa shape index (κ3) is 4.58. The number of hydrogen-bond acceptors (Lipinski definition) is 6. The number of nitrogens with zero attached hydrogens (tertiary/aromatic N) is 3. The molecule has 0 bridgehead atoms. The van der Waals surface area contributed by atoms with Gasteiger partial charge in [-0.2, -0.15) is 0 Å². The Morgan fingerprint density at radius 2 is 1.61 bits per heavy atom. The quantitative estimate of drug-likeness (QED) is 0.612. The molecule has 2 spiro atoms. The number of hydrogen-bond donors (Lipinski definition) is 0. The van der Waals surface area contributed by atoms with Crippen LogP contribution in [0.1, 0.15) is 59.3 Å². The number of piperidine rings is 1. The summed E-state index contributed by atoms with van der Waals surface area (Å²) in [6.07, 6.45) is 8.34. The molecule has 0 radical (unpaired) electrons. The van der Waals surface area contributed by atoms with Crippen molar-refractivity contribution in [2.75, 3.05) is 65.7 Å². The second-order valence-electron chi connectivity index (χ2n) is 11.2. The Morgan fingerprint density at radius 1 is 0.871 bits per heavy atom. The van der Waals surface area contributed by atoms with E-state index in [0.29, 0.717) is 35.2 Å². The minimum atomic E-state index is 0.295. The van der Waals surface area contributed by atoms with E-state index in [1.807, 2.05) is 0 Å². The monoisotopic (exact) mass is 435 g/mol. The summed E-state index contributed by atoms with van der Waals surface area (Å²) in [5, 5.41) is 0. The van der Waals surface area contributed by atoms with Crippen LogP contribution in [0.3, 0.4) is 0 Å². The molecule has 5 aliphatic rings. The zero-order chi connectivity index (χ0) is 21.5. The Bertz CT molecular complexity index is 599. The number of morpholine rings is 2. The zero-order valence-corrected chi connectivity index (χ0v) is 20.2. The molecule has 0 amide bonds. The molecule has 4 atom stereocenters. The van der Waals surface area contributed by atoms with Gasteiger partial charge < -0.3 is 19.1 Å². The summed E-state index contributed by atoms with van der Waals surface area (Å²) in [7, 11) is 0. The highest BCUT2D eigenvalue weighted by molar-refractivity contribution is 5.13. The molecule has 1 saturated carbocycles. The van der Waals surface area contributed by atoms with Gasteiger partial charge in [0.2, 0.25) is 0 Å². The van der Waals surface area contributed by atoms with Crippen LogP contribution in [-0.4, -0.2) is 110 Å². The van der Waals surface area contributed by atoms with Crippen molar-refractivity contribution in [2.45, 2.75) is 89.1 Å². The summed E-state index contributed by atoms with van der Waals surface area (Å²) >= 11 is 0. The van der Waals surface area contributed by atoms with Gasteiger partial charge in [-0.3, -0.25) is 9.80 Å². The molecule has 178 valence electrons. The molecule has 0 aromatic rings. The molecule has 0 aromatic heterocycles. The lowest BCUT2D eigenvalue weighted by Crippen LogP contribution is -2.59. The minimum Gasteiger partial charge on any atom is -0.380 e. The van der Waals surface area contributed by atoms with Crippen LogP contribution >= 0.6 is 0 Å². The maximum Gasteiger partial charge on any atom is 0.0774 e. The van der Waals surface area contributed by atoms with Crippen LogP contribution in [0.2, 0.25) is 0 Å². The molecular weight excluding hydrogens is 390 g/mol. The van der Waals surface area contributed by atoms with E-state index in [-0.39, 0.29) is 0 Å². The van der Waals surface area contributed by atoms with E-state index < -0.39 is 0 Å². The first-order valence-electron chi connectivity index (χ1n) is 13.1. The second kappa shape index (κ2) is 9.19. The van der Waals surface area contributed by atoms with Gasteiger partial charge in [0, 0.05) is 42.7 Å². The normalized spacial score (nSPS) is 35.7. The van der Waals surface area contributed by atoms with Crippen LogP contribution in [0, 0.1) is 5.41 Å². The molecule has 31 heavy (non-hydrogen) atoms. The summed E-state index contributed by atoms with van der Waals surface area (Å²) in [5.41, 5.74) is 0.819. The summed E-state index contributed by atoms with van der Waals surface area (Å²) in [6, 6.07) is 1.18. The average molecular weight is 436 g/mol. The summed E-state index contributed by atoms with van der Waals surface area (Å²) in [6.45, 7) is 17.8. The Hall–Kier alpha value is -0.240. The van der Waals surface area contributed by atoms with Gasteiger partial charge in [0.05, 0.1) is 38.6 Å². The molecule has 4 heterocycles. The molecular formula is C25H45N3O3. The smallest absolute Gasteiger partial charge is 0.0774 e. The van der Waals surface area contributed by atoms with Crippen LogP contribution < -0.4 is 0 Å². The number of likely N-dealkylation sites (N-methyl/N-ethyl adjacent to an activating group) is 1. The van der Waals surface area contributed by atoms with Crippen LogP contribution in [-0.2, 0) is 14.2 Å². The largest absolute Gasteiger partial charge is 0.380 e. The fraction of sp³-hybridized carbons (Fsp3) is 1.00. The standard InChI is InChI=1S/C25H45N3O3/c1-4-26-11-13-30-22(17-26)15-21(3)28-12-14-31-23(25(28)5-6-25)16-20(2)27-9-7-24(8-10-27)18-29-19-24/h20-23H,4-19H2,1-3H3. The van der Waals surface area contributed by atoms with E-state index in [9.17, 15) is 0 Å². The Balaban J connectivity index is 1.15. The van der Waals surface area contributed by atoms with E-state index in [2.05, 4.69) is 35.5 Å². The van der Waals surface area contributed by atoms with Crippen LogP contribution in [0.4, 0.5) is 0 Å². The third-order valence-corrected chi connectivity index (χ3v) is 9.24. The van der Waals surface area contributed by atoms with Crippen molar-refractivity contribution in [3.05, 3.63) is 0 Å². The third-order valence-electron chi connectivity index (χ3n) is 9.24. The number of likely N-dealkylation sites (tertiary alicyclic amines) is 1. The van der Waals surface area contributed by atoms with Gasteiger partial charge in [-0.05, 0) is 72.0 Å². The second-order valence-corrected chi connectivity index (χ2v) is 11.2. The lowest BCUT2D eigenvalue weighted by Gasteiger charge is -2.50. The van der Waals surface area contributed by atoms with E-state index in [4.69, 9.17) is 14.2 Å². The van der Waals surface area contributed by atoms with Crippen molar-refractivity contribution in [2.24, 2.45) is 5.41 Å². The molecule has 5 fully saturated rings. The van der Waals surface area contributed by atoms with Gasteiger partial charge in [0.25, 0.3) is 0 Å². The zero-order valence-electron chi connectivity index (χ0n) is 20.2. The first-order chi connectivity index (χ1) is 15.0. The molecule has 4 aliphatic heterocycles. The average Bonchev–Trinajstić information content (AvgIpc) is 3.55. The minimum absolute atomic E-state index is 0.295. The van der Waals surface area contributed by atoms with Crippen LogP contribution in [0.5, 0.6) is 0 Å². The molecule has 6 nitrogen and oxygen atoms in total. The Morgan fingerprint density at radius 3 is 2.26 bits per heavy atom. The molecule has 0 aromatic carbocycles. The van der Waals surface area contributed by atoms with Gasteiger partial charge in [-0.15, -0.1) is 0 Å². The maximum atomic E-state index is 6.47. The van der Waals surface area contributed by atoms with E-state index in [1.165, 1.54) is 45.2 Å². The van der Waals surface area contributed by atoms with E-state index in [0.717, 1.165) is 59.0 Å². The molecule has 4 unspecified atom stereocenters. The summed E-state index contributed by atoms with van der Waals surface area (Å²) < 4.78 is 18.1. The molecule has 6 heteroatoms. The van der Waals surface area contributed by atoms with Crippen molar-refractivity contribution in [3.8, 4) is 0 Å². The molecule has 5 rings (SSSR count). The highest BCUT2D eigenvalue weighted by atomic mass is 16.5. The molecule has 4 saturated heterocycles. The predicted molar refractivity (Wildman–Crippen MR) is 122 cm³/mol. The van der Waals surface area contributed by atoms with Crippen molar-refractivity contribution in [3.63, 3.8) is 0 Å². The predicted octanol–water partition coefficient (Wildman–Crippen LogP) is 2.61. The van der Waals surface area contributed by atoms with Gasteiger partial charge in [-0.1, -0.05) is 6.92 Å². The van der Waals surface area contributed by atoms with E-state index in [1.54, 1.807) is 0 Å². The highest BCUT2D eigenvalue weighted by Gasteiger charge is 2.57. The first kappa shape index (κ1) is 22.5. The Kier molecular flexibility index (Phi) is 6.68. The van der Waals surface area contributed by atoms with Crippen LogP contribution in [0.25, 0.3) is 0 Å². The summed E-state index contributed by atoms with van der Waals surface area (Å²) in [4.78, 5) is 8.08. The number of rotatable bonds is 7. The number of ether oxygens (including phenoxy) is 3. The maximum absolute atomic E-state index is 6.47. The van der Waals surface area contributed by atoms with Crippen LogP contribution in [0.15, 0.2) is 0 Å². The van der Waals surface area contributed by atoms with Crippen molar-refractivity contribution >= 4 is 0 Å². The molecule has 1 aliphatic carbocycles. The van der Waals surface area contributed by atoms with Gasteiger partial charge >= 0.3 is 0 Å². The topological polar surface area (TPSA) is 37.4 Å². The first-order valence-corrected chi connectivity index (χ1v) is 13.1. The van der Waals surface area contributed by atoms with Gasteiger partial charge in [-0.25, -0.2) is 0 Å². The molecule has 0 N–H and O–H groups in total. The SMILES string of the molecule is CCN1CCOC(CC(C)N2CCOC(CC(C)N3CCC4(CC3)COC4)C23CC3)C1. The Labute approximate surface area is 189 Å². The fourth-order valence-electron chi connectivity index (χ4n) is 6.84. The fourth-order valence-corrected chi connectivity index (χ4v) is 6.84. The lowest BCUT2D eigenvalue weighted by molar-refractivity contribution is -0.146. The van der Waals surface area contributed by atoms with Crippen molar-refractivity contribution in [1.29, 1.82) is 0 Å². The van der Waals surface area contributed by atoms with Gasteiger partial charge in [0.1, 0.15) is 0 Å². The van der Waals surface area contributed by atoms with E-state index >= 15 is 0 Å². The van der Waals surface area contributed by atoms with Crippen molar-refractivity contribution < 1.29 is 14.2 Å².